The lowest BCUT2D eigenvalue weighted by Gasteiger charge is -2.16. The van der Waals surface area contributed by atoms with E-state index < -0.39 is 0 Å². The largest absolute Gasteiger partial charge is 0.338 e. The quantitative estimate of drug-likeness (QED) is 0.806. The Hall–Kier alpha value is -1.10. The van der Waals surface area contributed by atoms with Crippen LogP contribution >= 0.6 is 0 Å². The Balaban J connectivity index is 1.81. The van der Waals surface area contributed by atoms with E-state index >= 15 is 0 Å². The van der Waals surface area contributed by atoms with Crippen LogP contribution in [0.4, 0.5) is 5.95 Å². The fourth-order valence-corrected chi connectivity index (χ4v) is 2.51. The molecule has 16 heavy (non-hydrogen) atoms. The van der Waals surface area contributed by atoms with Crippen molar-refractivity contribution in [3.8, 4) is 0 Å². The Morgan fingerprint density at radius 3 is 2.88 bits per heavy atom. The van der Waals surface area contributed by atoms with E-state index in [0.29, 0.717) is 0 Å². The predicted molar refractivity (Wildman–Crippen MR) is 60.6 cm³/mol. The first-order chi connectivity index (χ1) is 7.78. The number of hydrogen-bond acceptors (Lipinski definition) is 5. The van der Waals surface area contributed by atoms with Crippen molar-refractivity contribution in [1.82, 2.24) is 15.5 Å². The summed E-state index contributed by atoms with van der Waals surface area (Å²) in [4.78, 5) is 6.76. The van der Waals surface area contributed by atoms with Gasteiger partial charge in [-0.2, -0.15) is 4.98 Å². The zero-order valence-corrected chi connectivity index (χ0v) is 9.70. The number of nitrogens with zero attached hydrogens (tertiary/aromatic N) is 3. The van der Waals surface area contributed by atoms with E-state index in [0.717, 1.165) is 44.4 Å². The van der Waals surface area contributed by atoms with Gasteiger partial charge in [0.1, 0.15) is 0 Å². The molecule has 0 spiro atoms. The van der Waals surface area contributed by atoms with Crippen molar-refractivity contribution in [2.45, 2.75) is 31.6 Å². The number of anilines is 1. The van der Waals surface area contributed by atoms with E-state index in [1.54, 1.807) is 0 Å². The Morgan fingerprint density at radius 1 is 1.38 bits per heavy atom. The highest BCUT2D eigenvalue weighted by molar-refractivity contribution is 5.30. The van der Waals surface area contributed by atoms with Gasteiger partial charge in [0.05, 0.1) is 5.41 Å². The van der Waals surface area contributed by atoms with E-state index in [1.807, 2.05) is 0 Å². The summed E-state index contributed by atoms with van der Waals surface area (Å²) in [5.74, 6) is 1.57. The Kier molecular flexibility index (Phi) is 2.35. The molecule has 1 aromatic rings. The lowest BCUT2D eigenvalue weighted by molar-refractivity contribution is 0.306. The van der Waals surface area contributed by atoms with Gasteiger partial charge in [-0.3, -0.25) is 0 Å². The van der Waals surface area contributed by atoms with Gasteiger partial charge >= 0.3 is 0 Å². The van der Waals surface area contributed by atoms with Crippen molar-refractivity contribution in [3.05, 3.63) is 5.89 Å². The molecule has 5 heteroatoms. The normalized spacial score (nSPS) is 30.2. The lowest BCUT2D eigenvalue weighted by atomic mass is 9.90. The van der Waals surface area contributed by atoms with Crippen molar-refractivity contribution in [1.29, 1.82) is 0 Å². The van der Waals surface area contributed by atoms with Gasteiger partial charge in [-0.25, -0.2) is 0 Å². The van der Waals surface area contributed by atoms with Gasteiger partial charge in [0, 0.05) is 19.6 Å². The zero-order valence-electron chi connectivity index (χ0n) is 9.70. The third kappa shape index (κ3) is 1.59. The summed E-state index contributed by atoms with van der Waals surface area (Å²) in [5, 5.41) is 7.45. The molecule has 2 fully saturated rings. The minimum absolute atomic E-state index is 0.0327. The molecule has 5 nitrogen and oxygen atoms in total. The fraction of sp³-hybridized carbons (Fsp3) is 0.818. The van der Waals surface area contributed by atoms with Crippen LogP contribution in [0.15, 0.2) is 4.52 Å². The molecule has 2 saturated heterocycles. The standard InChI is InChI=1S/C11H18N4O/c1-11(4-5-12-8-11)9-13-10(14-16-9)15-6-2-3-7-15/h12H,2-8H2,1H3. The molecule has 2 aliphatic heterocycles. The summed E-state index contributed by atoms with van der Waals surface area (Å²) in [6.07, 6.45) is 3.56. The minimum Gasteiger partial charge on any atom is -0.338 e. The second kappa shape index (κ2) is 3.73. The fourth-order valence-electron chi connectivity index (χ4n) is 2.51. The zero-order chi connectivity index (χ0) is 11.0. The van der Waals surface area contributed by atoms with Gasteiger partial charge in [0.15, 0.2) is 0 Å². The number of rotatable bonds is 2. The van der Waals surface area contributed by atoms with Crippen LogP contribution in [0, 0.1) is 0 Å². The molecule has 0 aliphatic carbocycles. The van der Waals surface area contributed by atoms with Crippen LogP contribution < -0.4 is 10.2 Å². The highest BCUT2D eigenvalue weighted by Crippen LogP contribution is 2.30. The monoisotopic (exact) mass is 222 g/mol. The average Bonchev–Trinajstić information content (AvgIpc) is 2.98. The molecule has 0 amide bonds. The SMILES string of the molecule is CC1(c2nc(N3CCCC3)no2)CCNC1. The molecule has 1 atom stereocenters. The van der Waals surface area contributed by atoms with Gasteiger partial charge in [0.2, 0.25) is 5.89 Å². The Morgan fingerprint density at radius 2 is 2.19 bits per heavy atom. The molecule has 2 aliphatic rings. The van der Waals surface area contributed by atoms with Crippen molar-refractivity contribution in [2.24, 2.45) is 0 Å². The summed E-state index contributed by atoms with van der Waals surface area (Å²) in [6, 6.07) is 0. The second-order valence-electron chi connectivity index (χ2n) is 5.08. The number of aromatic nitrogens is 2. The molecule has 88 valence electrons. The average molecular weight is 222 g/mol. The number of hydrogen-bond donors (Lipinski definition) is 1. The smallest absolute Gasteiger partial charge is 0.266 e. The summed E-state index contributed by atoms with van der Waals surface area (Å²) in [7, 11) is 0. The summed E-state index contributed by atoms with van der Waals surface area (Å²) < 4.78 is 5.42. The van der Waals surface area contributed by atoms with Crippen molar-refractivity contribution in [3.63, 3.8) is 0 Å². The highest BCUT2D eigenvalue weighted by atomic mass is 16.5. The van der Waals surface area contributed by atoms with E-state index in [-0.39, 0.29) is 5.41 Å². The number of nitrogens with one attached hydrogen (secondary N) is 1. The van der Waals surface area contributed by atoms with Crippen LogP contribution in [-0.4, -0.2) is 36.3 Å². The van der Waals surface area contributed by atoms with E-state index in [4.69, 9.17) is 4.52 Å². The maximum absolute atomic E-state index is 5.42. The Bertz CT molecular complexity index is 364. The van der Waals surface area contributed by atoms with Crippen LogP contribution in [0.2, 0.25) is 0 Å². The second-order valence-corrected chi connectivity index (χ2v) is 5.08. The first-order valence-corrected chi connectivity index (χ1v) is 6.08. The minimum atomic E-state index is 0.0327. The summed E-state index contributed by atoms with van der Waals surface area (Å²) >= 11 is 0. The van der Waals surface area contributed by atoms with E-state index in [1.165, 1.54) is 12.8 Å². The van der Waals surface area contributed by atoms with Crippen molar-refractivity contribution < 1.29 is 4.52 Å². The maximum atomic E-state index is 5.42. The first kappa shape index (κ1) is 10.1. The third-order valence-corrected chi connectivity index (χ3v) is 3.69. The van der Waals surface area contributed by atoms with Gasteiger partial charge < -0.3 is 14.7 Å². The van der Waals surface area contributed by atoms with E-state index in [9.17, 15) is 0 Å². The predicted octanol–water partition coefficient (Wildman–Crippen LogP) is 0.921. The van der Waals surface area contributed by atoms with Gasteiger partial charge in [-0.1, -0.05) is 0 Å². The maximum Gasteiger partial charge on any atom is 0.266 e. The molecule has 1 aromatic heterocycles. The van der Waals surface area contributed by atoms with Crippen LogP contribution in [0.25, 0.3) is 0 Å². The highest BCUT2D eigenvalue weighted by Gasteiger charge is 2.36. The molecule has 0 saturated carbocycles. The molecule has 0 radical (unpaired) electrons. The van der Waals surface area contributed by atoms with E-state index in [2.05, 4.69) is 27.3 Å². The van der Waals surface area contributed by atoms with Crippen LogP contribution in [0.1, 0.15) is 32.1 Å². The molecule has 1 unspecified atom stereocenters. The van der Waals surface area contributed by atoms with Crippen LogP contribution in [0.3, 0.4) is 0 Å². The molecule has 0 aromatic carbocycles. The molecular weight excluding hydrogens is 204 g/mol. The van der Waals surface area contributed by atoms with Gasteiger partial charge in [-0.15, -0.1) is 0 Å². The summed E-state index contributed by atoms with van der Waals surface area (Å²) in [5.41, 5.74) is 0.0327. The van der Waals surface area contributed by atoms with Crippen molar-refractivity contribution >= 4 is 5.95 Å². The molecule has 3 rings (SSSR count). The third-order valence-electron chi connectivity index (χ3n) is 3.69. The Labute approximate surface area is 95.2 Å². The molecule has 3 heterocycles. The topological polar surface area (TPSA) is 54.2 Å². The van der Waals surface area contributed by atoms with Gasteiger partial charge in [0.25, 0.3) is 5.95 Å². The van der Waals surface area contributed by atoms with Crippen molar-refractivity contribution in [2.75, 3.05) is 31.1 Å². The van der Waals surface area contributed by atoms with Crippen LogP contribution in [-0.2, 0) is 5.41 Å². The first-order valence-electron chi connectivity index (χ1n) is 6.08. The van der Waals surface area contributed by atoms with Crippen LogP contribution in [0.5, 0.6) is 0 Å². The van der Waals surface area contributed by atoms with Gasteiger partial charge in [-0.05, 0) is 37.9 Å². The lowest BCUT2D eigenvalue weighted by Crippen LogP contribution is -2.25. The molecular formula is C11H18N4O. The summed E-state index contributed by atoms with van der Waals surface area (Å²) in [6.45, 7) is 6.29. The molecule has 0 bridgehead atoms. The molecule has 1 N–H and O–H groups in total.